The third-order valence-electron chi connectivity index (χ3n) is 5.27. The number of aromatic nitrogens is 1. The number of fused-ring (bicyclic) bond motifs is 1. The molecule has 142 valence electrons. The molecular weight excluding hydrogens is 360 g/mol. The summed E-state index contributed by atoms with van der Waals surface area (Å²) in [6.45, 7) is 5.78. The van der Waals surface area contributed by atoms with Crippen molar-refractivity contribution in [2.45, 2.75) is 37.5 Å². The Balaban J connectivity index is 1.81. The molecule has 0 bridgehead atoms. The van der Waals surface area contributed by atoms with Crippen LogP contribution in [0.5, 0.6) is 5.75 Å². The van der Waals surface area contributed by atoms with E-state index in [0.717, 1.165) is 53.7 Å². The molecule has 3 aromatic rings. The Hall–Kier alpha value is -2.31. The van der Waals surface area contributed by atoms with Crippen molar-refractivity contribution in [2.24, 2.45) is 0 Å². The predicted molar refractivity (Wildman–Crippen MR) is 107 cm³/mol. The summed E-state index contributed by atoms with van der Waals surface area (Å²) in [5, 5.41) is 4.17. The van der Waals surface area contributed by atoms with E-state index in [1.54, 1.807) is 24.3 Å². The largest absolute Gasteiger partial charge is 0.376 e. The van der Waals surface area contributed by atoms with Crippen LogP contribution in [0.4, 0.5) is 0 Å². The Morgan fingerprint density at radius 3 is 2.41 bits per heavy atom. The zero-order valence-corrected chi connectivity index (χ0v) is 16.4. The molecule has 0 unspecified atom stereocenters. The third-order valence-corrected chi connectivity index (χ3v) is 6.51. The first kappa shape index (κ1) is 18.1. The highest BCUT2D eigenvalue weighted by atomic mass is 32.2. The Bertz CT molecular complexity index is 1060. The van der Waals surface area contributed by atoms with E-state index in [1.165, 1.54) is 0 Å². The maximum Gasteiger partial charge on any atom is 0.339 e. The quantitative estimate of drug-likeness (QED) is 0.667. The van der Waals surface area contributed by atoms with Gasteiger partial charge in [-0.25, -0.2) is 0 Å². The maximum atomic E-state index is 12.9. The molecule has 0 saturated carbocycles. The van der Waals surface area contributed by atoms with Gasteiger partial charge in [0.05, 0.1) is 11.2 Å². The summed E-state index contributed by atoms with van der Waals surface area (Å²) in [7, 11) is -3.90. The van der Waals surface area contributed by atoms with Gasteiger partial charge in [-0.2, -0.15) is 8.42 Å². The van der Waals surface area contributed by atoms with Gasteiger partial charge in [0, 0.05) is 11.3 Å². The highest BCUT2D eigenvalue weighted by Crippen LogP contribution is 2.40. The number of benzene rings is 2. The van der Waals surface area contributed by atoms with Crippen LogP contribution in [-0.2, 0) is 10.1 Å². The van der Waals surface area contributed by atoms with Gasteiger partial charge >= 0.3 is 10.1 Å². The minimum atomic E-state index is -3.90. The minimum Gasteiger partial charge on any atom is -0.376 e. The normalized spacial score (nSPS) is 15.9. The molecular formula is C21H24N2O3S. The van der Waals surface area contributed by atoms with E-state index in [1.807, 2.05) is 32.0 Å². The fourth-order valence-corrected chi connectivity index (χ4v) is 4.67. The van der Waals surface area contributed by atoms with E-state index in [2.05, 4.69) is 10.3 Å². The van der Waals surface area contributed by atoms with E-state index < -0.39 is 10.1 Å². The molecule has 0 amide bonds. The molecule has 2 heterocycles. The van der Waals surface area contributed by atoms with E-state index in [-0.39, 0.29) is 10.8 Å². The summed E-state index contributed by atoms with van der Waals surface area (Å²) in [6.07, 6.45) is 1.90. The Labute approximate surface area is 159 Å². The summed E-state index contributed by atoms with van der Waals surface area (Å²) in [4.78, 5) is 3.64. The first-order valence-electron chi connectivity index (χ1n) is 9.29. The lowest BCUT2D eigenvalue weighted by Gasteiger charge is -2.22. The summed E-state index contributed by atoms with van der Waals surface area (Å²) in [6, 6.07) is 12.6. The number of para-hydroxylation sites is 1. The number of piperidine rings is 1. The second-order valence-corrected chi connectivity index (χ2v) is 8.79. The lowest BCUT2D eigenvalue weighted by atomic mass is 9.94. The number of nitrogens with one attached hydrogen (secondary N) is 2. The lowest BCUT2D eigenvalue weighted by molar-refractivity contribution is 0.437. The second-order valence-electron chi connectivity index (χ2n) is 7.24. The van der Waals surface area contributed by atoms with E-state index >= 15 is 0 Å². The average Bonchev–Trinajstić information content (AvgIpc) is 3.02. The van der Waals surface area contributed by atoms with Crippen molar-refractivity contribution < 1.29 is 12.6 Å². The van der Waals surface area contributed by atoms with Crippen molar-refractivity contribution in [3.05, 3.63) is 59.3 Å². The molecule has 1 aromatic heterocycles. The standard InChI is InChI=1S/C21H24N2O3S/c1-14-6-8-17(9-7-14)27(24,25)26-21-18-5-3-4-15(2)19(18)23-20(21)16-10-12-22-13-11-16/h3-9,16,22-23H,10-13H2,1-2H3. The molecule has 4 rings (SSSR count). The number of H-pyrrole nitrogens is 1. The molecule has 1 fully saturated rings. The van der Waals surface area contributed by atoms with Crippen molar-refractivity contribution in [1.29, 1.82) is 0 Å². The Kier molecular flexibility index (Phi) is 4.70. The highest BCUT2D eigenvalue weighted by molar-refractivity contribution is 7.87. The monoisotopic (exact) mass is 384 g/mol. The van der Waals surface area contributed by atoms with Crippen molar-refractivity contribution in [3.63, 3.8) is 0 Å². The fraction of sp³-hybridized carbons (Fsp3) is 0.333. The van der Waals surface area contributed by atoms with Gasteiger partial charge in [-0.05, 0) is 63.5 Å². The lowest BCUT2D eigenvalue weighted by Crippen LogP contribution is -2.27. The first-order valence-corrected chi connectivity index (χ1v) is 10.7. The molecule has 27 heavy (non-hydrogen) atoms. The van der Waals surface area contributed by atoms with Gasteiger partial charge in [-0.15, -0.1) is 0 Å². The highest BCUT2D eigenvalue weighted by Gasteiger charge is 2.27. The van der Waals surface area contributed by atoms with E-state index in [9.17, 15) is 8.42 Å². The minimum absolute atomic E-state index is 0.173. The molecule has 1 aliphatic heterocycles. The zero-order valence-electron chi connectivity index (χ0n) is 15.6. The molecule has 0 radical (unpaired) electrons. The number of rotatable bonds is 4. The van der Waals surface area contributed by atoms with Gasteiger partial charge in [0.25, 0.3) is 0 Å². The van der Waals surface area contributed by atoms with Crippen molar-refractivity contribution in [2.75, 3.05) is 13.1 Å². The molecule has 5 nitrogen and oxygen atoms in total. The smallest absolute Gasteiger partial charge is 0.339 e. The van der Waals surface area contributed by atoms with Crippen LogP contribution in [0.15, 0.2) is 47.4 Å². The average molecular weight is 385 g/mol. The maximum absolute atomic E-state index is 12.9. The van der Waals surface area contributed by atoms with Crippen LogP contribution in [0.2, 0.25) is 0 Å². The first-order chi connectivity index (χ1) is 13.0. The van der Waals surface area contributed by atoms with E-state index in [4.69, 9.17) is 4.18 Å². The number of aryl methyl sites for hydroxylation is 2. The molecule has 0 aliphatic carbocycles. The molecule has 0 spiro atoms. The Morgan fingerprint density at radius 1 is 1.00 bits per heavy atom. The number of hydrogen-bond acceptors (Lipinski definition) is 4. The second kappa shape index (κ2) is 7.02. The van der Waals surface area contributed by atoms with Crippen LogP contribution >= 0.6 is 0 Å². The molecule has 1 saturated heterocycles. The third kappa shape index (κ3) is 3.47. The summed E-state index contributed by atoms with van der Waals surface area (Å²) in [5.41, 5.74) is 3.91. The predicted octanol–water partition coefficient (Wildman–Crippen LogP) is 4.02. The van der Waals surface area contributed by atoms with Gasteiger partial charge in [-0.1, -0.05) is 29.8 Å². The van der Waals surface area contributed by atoms with Gasteiger partial charge in [0.1, 0.15) is 4.90 Å². The van der Waals surface area contributed by atoms with Crippen LogP contribution in [-0.4, -0.2) is 26.5 Å². The van der Waals surface area contributed by atoms with Gasteiger partial charge in [-0.3, -0.25) is 0 Å². The summed E-state index contributed by atoms with van der Waals surface area (Å²) >= 11 is 0. The molecule has 2 N–H and O–H groups in total. The zero-order chi connectivity index (χ0) is 19.0. The van der Waals surface area contributed by atoms with Crippen molar-refractivity contribution in [3.8, 4) is 5.75 Å². The van der Waals surface area contributed by atoms with Crippen LogP contribution < -0.4 is 9.50 Å². The Morgan fingerprint density at radius 2 is 1.70 bits per heavy atom. The number of aromatic amines is 1. The van der Waals surface area contributed by atoms with Crippen LogP contribution in [0.3, 0.4) is 0 Å². The fourth-order valence-electron chi connectivity index (χ4n) is 3.71. The topological polar surface area (TPSA) is 71.2 Å². The molecule has 1 aliphatic rings. The van der Waals surface area contributed by atoms with E-state index in [0.29, 0.717) is 5.75 Å². The van der Waals surface area contributed by atoms with Crippen molar-refractivity contribution >= 4 is 21.0 Å². The molecule has 0 atom stereocenters. The van der Waals surface area contributed by atoms with Crippen molar-refractivity contribution in [1.82, 2.24) is 10.3 Å². The van der Waals surface area contributed by atoms with Crippen LogP contribution in [0.25, 0.3) is 10.9 Å². The molecule has 2 aromatic carbocycles. The van der Waals surface area contributed by atoms with Gasteiger partial charge < -0.3 is 14.5 Å². The van der Waals surface area contributed by atoms with Gasteiger partial charge in [0.2, 0.25) is 0 Å². The van der Waals surface area contributed by atoms with Crippen LogP contribution in [0.1, 0.15) is 35.6 Å². The summed E-state index contributed by atoms with van der Waals surface area (Å²) < 4.78 is 31.6. The SMILES string of the molecule is Cc1ccc(S(=O)(=O)Oc2c(C3CCNCC3)[nH]c3c(C)cccc23)cc1. The summed E-state index contributed by atoms with van der Waals surface area (Å²) in [5.74, 6) is 0.697. The van der Waals surface area contributed by atoms with Gasteiger partial charge in [0.15, 0.2) is 5.75 Å². The molecule has 6 heteroatoms. The van der Waals surface area contributed by atoms with Crippen LogP contribution in [0, 0.1) is 13.8 Å². The number of hydrogen-bond donors (Lipinski definition) is 2.